The second-order valence-electron chi connectivity index (χ2n) is 4.00. The normalized spacial score (nSPS) is 27.4. The number of nitrogens with zero attached hydrogens (tertiary/aromatic N) is 1. The molecule has 3 heteroatoms. The van der Waals surface area contributed by atoms with Gasteiger partial charge in [0.15, 0.2) is 0 Å². The van der Waals surface area contributed by atoms with Crippen LogP contribution in [0.25, 0.3) is 0 Å². The van der Waals surface area contributed by atoms with E-state index < -0.39 is 11.4 Å². The number of hydrogen-bond donors (Lipinski definition) is 1. The van der Waals surface area contributed by atoms with E-state index in [0.29, 0.717) is 13.1 Å². The lowest BCUT2D eigenvalue weighted by molar-refractivity contribution is -0.148. The third-order valence-corrected chi connectivity index (χ3v) is 2.93. The lowest BCUT2D eigenvalue weighted by Crippen LogP contribution is -2.34. The van der Waals surface area contributed by atoms with Gasteiger partial charge in [-0.15, -0.1) is 6.42 Å². The molecule has 0 aromatic carbocycles. The van der Waals surface area contributed by atoms with Gasteiger partial charge in [-0.05, 0) is 12.8 Å². The second kappa shape index (κ2) is 4.47. The zero-order chi connectivity index (χ0) is 10.6. The Bertz CT molecular complexity index is 257. The Hall–Kier alpha value is -1.01. The summed E-state index contributed by atoms with van der Waals surface area (Å²) in [4.78, 5) is 13.2. The molecule has 0 aromatic rings. The van der Waals surface area contributed by atoms with E-state index in [1.54, 1.807) is 0 Å². The standard InChI is InChI=1S/C11H17NO2/c1-3-5-11(10(13)14)6-8-12(9-11)7-4-2/h2H,3,5-9H2,1H3,(H,13,14). The van der Waals surface area contributed by atoms with Crippen molar-refractivity contribution in [3.63, 3.8) is 0 Å². The molecule has 1 N–H and O–H groups in total. The summed E-state index contributed by atoms with van der Waals surface area (Å²) in [7, 11) is 0. The summed E-state index contributed by atoms with van der Waals surface area (Å²) >= 11 is 0. The number of aliphatic carboxylic acids is 1. The van der Waals surface area contributed by atoms with Crippen LogP contribution < -0.4 is 0 Å². The molecule has 1 heterocycles. The predicted molar refractivity (Wildman–Crippen MR) is 54.9 cm³/mol. The summed E-state index contributed by atoms with van der Waals surface area (Å²) < 4.78 is 0. The molecule has 0 spiro atoms. The van der Waals surface area contributed by atoms with Crippen LogP contribution in [-0.4, -0.2) is 35.6 Å². The molecule has 1 rings (SSSR count). The van der Waals surface area contributed by atoms with Crippen molar-refractivity contribution in [2.45, 2.75) is 26.2 Å². The Kier molecular flexibility index (Phi) is 3.54. The summed E-state index contributed by atoms with van der Waals surface area (Å²) in [6.07, 6.45) is 7.61. The molecular weight excluding hydrogens is 178 g/mol. The van der Waals surface area contributed by atoms with Gasteiger partial charge >= 0.3 is 5.97 Å². The number of likely N-dealkylation sites (tertiary alicyclic amines) is 1. The first-order chi connectivity index (χ1) is 6.64. The molecule has 1 aliphatic rings. The molecule has 1 atom stereocenters. The minimum absolute atomic E-state index is 0.536. The SMILES string of the molecule is C#CCN1CCC(CCC)(C(=O)O)C1. The zero-order valence-electron chi connectivity index (χ0n) is 8.62. The molecule has 1 unspecified atom stereocenters. The molecule has 0 bridgehead atoms. The van der Waals surface area contributed by atoms with Crippen LogP contribution in [0.5, 0.6) is 0 Å². The van der Waals surface area contributed by atoms with Crippen LogP contribution in [0.4, 0.5) is 0 Å². The Morgan fingerprint density at radius 3 is 2.93 bits per heavy atom. The number of rotatable bonds is 4. The van der Waals surface area contributed by atoms with Crippen LogP contribution in [0.3, 0.4) is 0 Å². The molecule has 0 aromatic heterocycles. The fourth-order valence-electron chi connectivity index (χ4n) is 2.19. The molecule has 78 valence electrons. The van der Waals surface area contributed by atoms with E-state index in [-0.39, 0.29) is 0 Å². The minimum Gasteiger partial charge on any atom is -0.481 e. The molecule has 14 heavy (non-hydrogen) atoms. The number of terminal acetylenes is 1. The molecule has 3 nitrogen and oxygen atoms in total. The van der Waals surface area contributed by atoms with Gasteiger partial charge in [-0.2, -0.15) is 0 Å². The molecule has 1 aliphatic heterocycles. The van der Waals surface area contributed by atoms with Crippen LogP contribution >= 0.6 is 0 Å². The van der Waals surface area contributed by atoms with Crippen LogP contribution in [0, 0.1) is 17.8 Å². The van der Waals surface area contributed by atoms with Crippen molar-refractivity contribution in [2.75, 3.05) is 19.6 Å². The summed E-state index contributed by atoms with van der Waals surface area (Å²) in [6.45, 7) is 4.02. The van der Waals surface area contributed by atoms with Crippen molar-refractivity contribution in [3.8, 4) is 12.3 Å². The first-order valence-corrected chi connectivity index (χ1v) is 5.04. The van der Waals surface area contributed by atoms with Crippen molar-refractivity contribution in [1.82, 2.24) is 4.90 Å². The highest BCUT2D eigenvalue weighted by Gasteiger charge is 2.43. The van der Waals surface area contributed by atoms with Gasteiger partial charge in [-0.1, -0.05) is 19.3 Å². The van der Waals surface area contributed by atoms with Crippen molar-refractivity contribution < 1.29 is 9.90 Å². The molecule has 1 saturated heterocycles. The fraction of sp³-hybridized carbons (Fsp3) is 0.727. The van der Waals surface area contributed by atoms with Crippen molar-refractivity contribution in [3.05, 3.63) is 0 Å². The lowest BCUT2D eigenvalue weighted by atomic mass is 9.83. The molecule has 0 aliphatic carbocycles. The molecule has 1 fully saturated rings. The van der Waals surface area contributed by atoms with Gasteiger partial charge in [0.1, 0.15) is 0 Å². The van der Waals surface area contributed by atoms with Gasteiger partial charge in [0.25, 0.3) is 0 Å². The maximum Gasteiger partial charge on any atom is 0.310 e. The smallest absolute Gasteiger partial charge is 0.310 e. The topological polar surface area (TPSA) is 40.5 Å². The van der Waals surface area contributed by atoms with Gasteiger partial charge in [-0.3, -0.25) is 9.69 Å². The van der Waals surface area contributed by atoms with Gasteiger partial charge in [0.2, 0.25) is 0 Å². The zero-order valence-corrected chi connectivity index (χ0v) is 8.62. The Morgan fingerprint density at radius 1 is 1.71 bits per heavy atom. The van der Waals surface area contributed by atoms with E-state index in [1.165, 1.54) is 0 Å². The summed E-state index contributed by atoms with van der Waals surface area (Å²) in [6, 6.07) is 0. The third kappa shape index (κ3) is 2.08. The maximum atomic E-state index is 11.2. The first-order valence-electron chi connectivity index (χ1n) is 5.04. The molecule has 0 radical (unpaired) electrons. The highest BCUT2D eigenvalue weighted by Crippen LogP contribution is 2.35. The van der Waals surface area contributed by atoms with Gasteiger partial charge in [0, 0.05) is 13.1 Å². The van der Waals surface area contributed by atoms with E-state index >= 15 is 0 Å². The van der Waals surface area contributed by atoms with Crippen LogP contribution in [-0.2, 0) is 4.79 Å². The molecule has 0 saturated carbocycles. The van der Waals surface area contributed by atoms with Crippen LogP contribution in [0.2, 0.25) is 0 Å². The quantitative estimate of drug-likeness (QED) is 0.685. The van der Waals surface area contributed by atoms with Crippen molar-refractivity contribution in [1.29, 1.82) is 0 Å². The number of carboxylic acid groups (broad SMARTS) is 1. The van der Waals surface area contributed by atoms with E-state index in [0.717, 1.165) is 25.8 Å². The third-order valence-electron chi connectivity index (χ3n) is 2.93. The second-order valence-corrected chi connectivity index (χ2v) is 4.00. The average molecular weight is 195 g/mol. The van der Waals surface area contributed by atoms with E-state index in [1.807, 2.05) is 11.8 Å². The summed E-state index contributed by atoms with van der Waals surface area (Å²) in [5.41, 5.74) is -0.536. The Balaban J connectivity index is 2.65. The summed E-state index contributed by atoms with van der Waals surface area (Å²) in [5, 5.41) is 9.20. The van der Waals surface area contributed by atoms with Crippen LogP contribution in [0.15, 0.2) is 0 Å². The van der Waals surface area contributed by atoms with Crippen molar-refractivity contribution in [2.24, 2.45) is 5.41 Å². The maximum absolute atomic E-state index is 11.2. The Morgan fingerprint density at radius 2 is 2.43 bits per heavy atom. The number of carbonyl (C=O) groups is 1. The average Bonchev–Trinajstić information content (AvgIpc) is 2.51. The van der Waals surface area contributed by atoms with Gasteiger partial charge in [-0.25, -0.2) is 0 Å². The largest absolute Gasteiger partial charge is 0.481 e. The summed E-state index contributed by atoms with van der Waals surface area (Å²) in [5.74, 6) is 1.89. The fourth-order valence-corrected chi connectivity index (χ4v) is 2.19. The van der Waals surface area contributed by atoms with Gasteiger partial charge < -0.3 is 5.11 Å². The Labute approximate surface area is 85.1 Å². The van der Waals surface area contributed by atoms with E-state index in [9.17, 15) is 9.90 Å². The highest BCUT2D eigenvalue weighted by atomic mass is 16.4. The van der Waals surface area contributed by atoms with E-state index in [4.69, 9.17) is 6.42 Å². The number of hydrogen-bond acceptors (Lipinski definition) is 2. The first kappa shape index (κ1) is 11.1. The molecule has 0 amide bonds. The highest BCUT2D eigenvalue weighted by molar-refractivity contribution is 5.75. The van der Waals surface area contributed by atoms with Crippen molar-refractivity contribution >= 4 is 5.97 Å². The minimum atomic E-state index is -0.668. The van der Waals surface area contributed by atoms with Gasteiger partial charge in [0.05, 0.1) is 12.0 Å². The van der Waals surface area contributed by atoms with Crippen LogP contribution in [0.1, 0.15) is 26.2 Å². The molecular formula is C11H17NO2. The lowest BCUT2D eigenvalue weighted by Gasteiger charge is -2.23. The predicted octanol–water partition coefficient (Wildman–Crippen LogP) is 1.20. The van der Waals surface area contributed by atoms with E-state index in [2.05, 4.69) is 5.92 Å². The monoisotopic (exact) mass is 195 g/mol. The number of carboxylic acids is 1.